The zero-order valence-corrected chi connectivity index (χ0v) is 20.5. The van der Waals surface area contributed by atoms with Crippen LogP contribution in [0.1, 0.15) is 105 Å². The number of esters is 1. The van der Waals surface area contributed by atoms with Gasteiger partial charge in [-0.1, -0.05) is 39.3 Å². The van der Waals surface area contributed by atoms with Gasteiger partial charge in [-0.25, -0.2) is 0 Å². The number of hydrogen-bond acceptors (Lipinski definition) is 3. The van der Waals surface area contributed by atoms with Crippen molar-refractivity contribution in [2.45, 2.75) is 111 Å². The van der Waals surface area contributed by atoms with Crippen molar-refractivity contribution < 1.29 is 14.3 Å². The first-order valence-electron chi connectivity index (χ1n) is 13.1. The van der Waals surface area contributed by atoms with Gasteiger partial charge in [0, 0.05) is 26.2 Å². The Hall–Kier alpha value is -1.12. The average molecular weight is 429 g/mol. The third-order valence-electron chi connectivity index (χ3n) is 10.4. The number of allylic oxidation sites excluding steroid dienone is 1. The Kier molecular flexibility index (Phi) is 6.45. The van der Waals surface area contributed by atoms with Crippen molar-refractivity contribution in [1.82, 2.24) is 0 Å². The molecule has 7 unspecified atom stereocenters. The van der Waals surface area contributed by atoms with Gasteiger partial charge >= 0.3 is 5.97 Å². The summed E-state index contributed by atoms with van der Waals surface area (Å²) in [6.07, 6.45) is 15.0. The first kappa shape index (κ1) is 23.1. The summed E-state index contributed by atoms with van der Waals surface area (Å²) in [7, 11) is 0. The quantitative estimate of drug-likeness (QED) is 0.342. The highest BCUT2D eigenvalue weighted by Gasteiger charge is 2.59. The van der Waals surface area contributed by atoms with Gasteiger partial charge in [-0.05, 0) is 91.8 Å². The Labute approximate surface area is 189 Å². The summed E-state index contributed by atoms with van der Waals surface area (Å²) in [5.41, 5.74) is 2.33. The molecule has 0 radical (unpaired) electrons. The highest BCUT2D eigenvalue weighted by Crippen LogP contribution is 2.67. The molecule has 0 spiro atoms. The van der Waals surface area contributed by atoms with Crippen LogP contribution in [-0.2, 0) is 14.3 Å². The predicted octanol–water partition coefficient (Wildman–Crippen LogP) is 6.89. The summed E-state index contributed by atoms with van der Waals surface area (Å²) in [5.74, 6) is 4.17. The van der Waals surface area contributed by atoms with E-state index in [1.54, 1.807) is 5.57 Å². The molecular weight excluding hydrogens is 384 g/mol. The Bertz CT molecular complexity index is 739. The van der Waals surface area contributed by atoms with Gasteiger partial charge in [0.25, 0.3) is 0 Å². The molecule has 0 N–H and O–H groups in total. The van der Waals surface area contributed by atoms with Crippen LogP contribution < -0.4 is 0 Å². The second kappa shape index (κ2) is 8.67. The van der Waals surface area contributed by atoms with Crippen LogP contribution in [-0.4, -0.2) is 17.9 Å². The molecule has 3 nitrogen and oxygen atoms in total. The third-order valence-corrected chi connectivity index (χ3v) is 10.4. The smallest absolute Gasteiger partial charge is 0.302 e. The third kappa shape index (κ3) is 4.04. The minimum atomic E-state index is -0.136. The number of ketones is 1. The van der Waals surface area contributed by atoms with Crippen molar-refractivity contribution in [1.29, 1.82) is 0 Å². The van der Waals surface area contributed by atoms with Crippen molar-refractivity contribution in [3.63, 3.8) is 0 Å². The number of fused-ring (bicyclic) bond motifs is 5. The zero-order valence-electron chi connectivity index (χ0n) is 20.5. The zero-order chi connectivity index (χ0) is 22.4. The molecule has 4 aliphatic carbocycles. The Morgan fingerprint density at radius 1 is 1.13 bits per heavy atom. The van der Waals surface area contributed by atoms with E-state index < -0.39 is 0 Å². The predicted molar refractivity (Wildman–Crippen MR) is 124 cm³/mol. The molecule has 0 aromatic rings. The number of carbonyl (C=O) groups excluding carboxylic acids is 2. The number of ether oxygens (including phenoxy) is 1. The maximum Gasteiger partial charge on any atom is 0.302 e. The molecule has 31 heavy (non-hydrogen) atoms. The summed E-state index contributed by atoms with van der Waals surface area (Å²) in [6, 6.07) is 0. The van der Waals surface area contributed by atoms with Crippen molar-refractivity contribution in [3.05, 3.63) is 11.6 Å². The lowest BCUT2D eigenvalue weighted by Crippen LogP contribution is -2.51. The number of Topliss-reactive ketones (excluding diaryl/α,β-unsaturated/α-hetero) is 1. The van der Waals surface area contributed by atoms with E-state index in [-0.39, 0.29) is 12.1 Å². The first-order valence-corrected chi connectivity index (χ1v) is 13.1. The maximum atomic E-state index is 11.9. The van der Waals surface area contributed by atoms with Gasteiger partial charge in [-0.15, -0.1) is 0 Å². The van der Waals surface area contributed by atoms with Crippen molar-refractivity contribution in [2.75, 3.05) is 0 Å². The first-order chi connectivity index (χ1) is 14.7. The summed E-state index contributed by atoms with van der Waals surface area (Å²) >= 11 is 0. The highest BCUT2D eigenvalue weighted by molar-refractivity contribution is 5.77. The fraction of sp³-hybridized carbons (Fsp3) is 0.857. The minimum absolute atomic E-state index is 0.0878. The van der Waals surface area contributed by atoms with Gasteiger partial charge in [0.05, 0.1) is 0 Å². The molecule has 0 saturated heterocycles. The number of carbonyl (C=O) groups is 2. The molecule has 4 rings (SSSR count). The van der Waals surface area contributed by atoms with Gasteiger partial charge < -0.3 is 4.74 Å². The lowest BCUT2D eigenvalue weighted by atomic mass is 9.47. The second-order valence-electron chi connectivity index (χ2n) is 11.9. The molecule has 0 aromatic heterocycles. The lowest BCUT2D eigenvalue weighted by Gasteiger charge is -2.58. The highest BCUT2D eigenvalue weighted by atomic mass is 16.5. The molecule has 174 valence electrons. The van der Waals surface area contributed by atoms with Crippen molar-refractivity contribution in [2.24, 2.45) is 40.4 Å². The summed E-state index contributed by atoms with van der Waals surface area (Å²) in [5, 5.41) is 0. The molecule has 3 saturated carbocycles. The van der Waals surface area contributed by atoms with E-state index in [9.17, 15) is 9.59 Å². The van der Waals surface area contributed by atoms with E-state index in [0.29, 0.717) is 29.0 Å². The fourth-order valence-corrected chi connectivity index (χ4v) is 8.70. The summed E-state index contributed by atoms with van der Waals surface area (Å²) in [4.78, 5) is 23.4. The topological polar surface area (TPSA) is 43.4 Å². The Balaban J connectivity index is 1.48. The Morgan fingerprint density at radius 2 is 1.90 bits per heavy atom. The van der Waals surface area contributed by atoms with E-state index in [0.717, 1.165) is 49.4 Å². The van der Waals surface area contributed by atoms with Crippen LogP contribution in [0.2, 0.25) is 0 Å². The molecule has 0 aromatic carbocycles. The van der Waals surface area contributed by atoms with Crippen molar-refractivity contribution in [3.8, 4) is 0 Å². The lowest BCUT2D eigenvalue weighted by molar-refractivity contribution is -0.148. The molecular formula is C28H44O3. The molecule has 0 aliphatic heterocycles. The van der Waals surface area contributed by atoms with Gasteiger partial charge in [0.1, 0.15) is 11.9 Å². The SMILES string of the molecule is CCC(=O)CC[C@@H](C)C1CCC2C3CC=C4CC(OC(C)=O)CCC4(C)C3CCC21C. The van der Waals surface area contributed by atoms with Crippen LogP contribution in [0, 0.1) is 40.4 Å². The van der Waals surface area contributed by atoms with Crippen LogP contribution in [0.5, 0.6) is 0 Å². The van der Waals surface area contributed by atoms with E-state index >= 15 is 0 Å². The van der Waals surface area contributed by atoms with E-state index in [2.05, 4.69) is 26.8 Å². The maximum absolute atomic E-state index is 11.9. The summed E-state index contributed by atoms with van der Waals surface area (Å²) in [6.45, 7) is 11.1. The van der Waals surface area contributed by atoms with E-state index in [1.807, 2.05) is 6.92 Å². The molecule has 3 fully saturated rings. The molecule has 4 aliphatic rings. The molecule has 8 atom stereocenters. The normalized spacial score (nSPS) is 42.6. The largest absolute Gasteiger partial charge is 0.462 e. The van der Waals surface area contributed by atoms with Gasteiger partial charge in [-0.3, -0.25) is 9.59 Å². The van der Waals surface area contributed by atoms with Gasteiger partial charge in [0.2, 0.25) is 0 Å². The number of rotatable bonds is 6. The standard InChI is InChI=1S/C28H44O3/c1-6-21(30)9-7-18(2)24-11-12-25-23-10-8-20-17-22(31-19(3)29)13-15-27(20,4)26(23)14-16-28(24,25)5/h8,18,22-26H,6-7,9-17H2,1-5H3/t18-,22?,23?,24?,25?,26?,27?,28?/m1/s1. The van der Waals surface area contributed by atoms with Crippen LogP contribution in [0.15, 0.2) is 11.6 Å². The average Bonchev–Trinajstić information content (AvgIpc) is 3.09. The van der Waals surface area contributed by atoms with Crippen LogP contribution in [0.4, 0.5) is 0 Å². The monoisotopic (exact) mass is 428 g/mol. The molecule has 0 amide bonds. The minimum Gasteiger partial charge on any atom is -0.462 e. The van der Waals surface area contributed by atoms with E-state index in [4.69, 9.17) is 4.74 Å². The molecule has 0 heterocycles. The summed E-state index contributed by atoms with van der Waals surface area (Å²) < 4.78 is 5.59. The second-order valence-corrected chi connectivity index (χ2v) is 11.9. The molecule has 3 heteroatoms. The van der Waals surface area contributed by atoms with Crippen LogP contribution in [0.25, 0.3) is 0 Å². The van der Waals surface area contributed by atoms with Gasteiger partial charge in [0.15, 0.2) is 0 Å². The van der Waals surface area contributed by atoms with Crippen LogP contribution >= 0.6 is 0 Å². The number of hydrogen-bond donors (Lipinski definition) is 0. The Morgan fingerprint density at radius 3 is 2.61 bits per heavy atom. The van der Waals surface area contributed by atoms with E-state index in [1.165, 1.54) is 45.4 Å². The van der Waals surface area contributed by atoms with Crippen LogP contribution in [0.3, 0.4) is 0 Å². The molecule has 0 bridgehead atoms. The van der Waals surface area contributed by atoms with Gasteiger partial charge in [-0.2, -0.15) is 0 Å². The fourth-order valence-electron chi connectivity index (χ4n) is 8.70. The van der Waals surface area contributed by atoms with Crippen molar-refractivity contribution >= 4 is 11.8 Å².